The van der Waals surface area contributed by atoms with Gasteiger partial charge in [-0.15, -0.1) is 0 Å². The highest BCUT2D eigenvalue weighted by molar-refractivity contribution is 5.74. The number of carbonyl (C=O) groups is 2. The predicted octanol–water partition coefficient (Wildman–Crippen LogP) is 2.14. The van der Waals surface area contributed by atoms with Gasteiger partial charge in [-0.2, -0.15) is 0 Å². The fourth-order valence-corrected chi connectivity index (χ4v) is 3.85. The van der Waals surface area contributed by atoms with Crippen molar-refractivity contribution in [3.63, 3.8) is 0 Å². The summed E-state index contributed by atoms with van der Waals surface area (Å²) in [6, 6.07) is 0.793. The maximum atomic E-state index is 12.4. The standard InChI is InChI=1S/C17H31N3O3/c1-5-20(11-15(21)22)14-8-12(9-14)18-16(23)19(4)13-6-7-17(2,3)10-13/h12-14H,5-11H2,1-4H3,(H,18,23)(H,21,22). The molecular formula is C17H31N3O3. The van der Waals surface area contributed by atoms with Crippen LogP contribution in [0.15, 0.2) is 0 Å². The molecule has 2 amide bonds. The fraction of sp³-hybridized carbons (Fsp3) is 0.882. The molecule has 132 valence electrons. The van der Waals surface area contributed by atoms with Gasteiger partial charge in [-0.3, -0.25) is 9.69 Å². The summed E-state index contributed by atoms with van der Waals surface area (Å²) in [7, 11) is 1.89. The molecule has 1 atom stereocenters. The summed E-state index contributed by atoms with van der Waals surface area (Å²) in [5.41, 5.74) is 0.333. The van der Waals surface area contributed by atoms with Gasteiger partial charge in [0.15, 0.2) is 0 Å². The molecule has 23 heavy (non-hydrogen) atoms. The van der Waals surface area contributed by atoms with E-state index < -0.39 is 5.97 Å². The molecule has 0 radical (unpaired) electrons. The van der Waals surface area contributed by atoms with Crippen molar-refractivity contribution < 1.29 is 14.7 Å². The minimum absolute atomic E-state index is 0.0115. The zero-order valence-corrected chi connectivity index (χ0v) is 14.8. The van der Waals surface area contributed by atoms with Crippen LogP contribution in [-0.2, 0) is 4.79 Å². The molecule has 6 heteroatoms. The molecule has 2 fully saturated rings. The van der Waals surface area contributed by atoms with Crippen LogP contribution in [0.25, 0.3) is 0 Å². The van der Waals surface area contributed by atoms with E-state index in [-0.39, 0.29) is 24.7 Å². The number of carboxylic acids is 1. The molecule has 2 saturated carbocycles. The van der Waals surface area contributed by atoms with Gasteiger partial charge >= 0.3 is 12.0 Å². The highest BCUT2D eigenvalue weighted by atomic mass is 16.4. The van der Waals surface area contributed by atoms with Crippen LogP contribution in [0.4, 0.5) is 4.79 Å². The second-order valence-corrected chi connectivity index (χ2v) is 7.90. The van der Waals surface area contributed by atoms with Gasteiger partial charge in [-0.25, -0.2) is 4.79 Å². The first-order valence-electron chi connectivity index (χ1n) is 8.71. The largest absolute Gasteiger partial charge is 0.480 e. The number of aliphatic carboxylic acids is 1. The zero-order valence-electron chi connectivity index (χ0n) is 14.8. The number of nitrogens with zero attached hydrogens (tertiary/aromatic N) is 2. The van der Waals surface area contributed by atoms with Crippen LogP contribution in [0.5, 0.6) is 0 Å². The van der Waals surface area contributed by atoms with Crippen LogP contribution < -0.4 is 5.32 Å². The number of amides is 2. The van der Waals surface area contributed by atoms with Gasteiger partial charge in [-0.1, -0.05) is 20.8 Å². The highest BCUT2D eigenvalue weighted by Gasteiger charge is 2.38. The van der Waals surface area contributed by atoms with Crippen LogP contribution in [-0.4, -0.2) is 65.2 Å². The molecule has 6 nitrogen and oxygen atoms in total. The maximum Gasteiger partial charge on any atom is 0.317 e. The van der Waals surface area contributed by atoms with Crippen LogP contribution >= 0.6 is 0 Å². The Morgan fingerprint density at radius 3 is 2.39 bits per heavy atom. The molecule has 1 unspecified atom stereocenters. The van der Waals surface area contributed by atoms with Crippen molar-refractivity contribution in [2.24, 2.45) is 5.41 Å². The van der Waals surface area contributed by atoms with E-state index in [2.05, 4.69) is 19.2 Å². The van der Waals surface area contributed by atoms with Crippen molar-refractivity contribution in [1.82, 2.24) is 15.1 Å². The van der Waals surface area contributed by atoms with Crippen molar-refractivity contribution in [2.75, 3.05) is 20.1 Å². The van der Waals surface area contributed by atoms with E-state index in [1.807, 2.05) is 23.8 Å². The number of rotatable bonds is 6. The number of hydrogen-bond acceptors (Lipinski definition) is 3. The first kappa shape index (κ1) is 18.0. The van der Waals surface area contributed by atoms with Crippen molar-refractivity contribution in [3.8, 4) is 0 Å². The van der Waals surface area contributed by atoms with Gasteiger partial charge in [0, 0.05) is 25.2 Å². The topological polar surface area (TPSA) is 72.9 Å². The Balaban J connectivity index is 1.74. The van der Waals surface area contributed by atoms with Crippen LogP contribution in [0, 0.1) is 5.41 Å². The molecule has 0 aromatic rings. The van der Waals surface area contributed by atoms with Gasteiger partial charge in [0.1, 0.15) is 0 Å². The Bertz CT molecular complexity index is 446. The van der Waals surface area contributed by atoms with E-state index in [0.29, 0.717) is 11.5 Å². The first-order chi connectivity index (χ1) is 10.7. The van der Waals surface area contributed by atoms with Crippen molar-refractivity contribution >= 4 is 12.0 Å². The van der Waals surface area contributed by atoms with Gasteiger partial charge in [0.05, 0.1) is 6.54 Å². The van der Waals surface area contributed by atoms with Crippen LogP contribution in [0.1, 0.15) is 52.9 Å². The minimum atomic E-state index is -0.789. The second-order valence-electron chi connectivity index (χ2n) is 7.90. The molecule has 0 saturated heterocycles. The van der Waals surface area contributed by atoms with Crippen molar-refractivity contribution in [1.29, 1.82) is 0 Å². The Labute approximate surface area is 139 Å². The summed E-state index contributed by atoms with van der Waals surface area (Å²) >= 11 is 0. The second kappa shape index (κ2) is 7.07. The lowest BCUT2D eigenvalue weighted by molar-refractivity contribution is -0.139. The van der Waals surface area contributed by atoms with E-state index in [9.17, 15) is 9.59 Å². The number of likely N-dealkylation sites (N-methyl/N-ethyl adjacent to an activating group) is 1. The summed E-state index contributed by atoms with van der Waals surface area (Å²) in [6.07, 6.45) is 4.99. The number of nitrogens with one attached hydrogen (secondary N) is 1. The summed E-state index contributed by atoms with van der Waals surface area (Å²) in [4.78, 5) is 27.0. The van der Waals surface area contributed by atoms with Crippen LogP contribution in [0.2, 0.25) is 0 Å². The summed E-state index contributed by atoms with van der Waals surface area (Å²) < 4.78 is 0. The summed E-state index contributed by atoms with van der Waals surface area (Å²) in [5, 5.41) is 12.0. The lowest BCUT2D eigenvalue weighted by atomic mass is 9.85. The fourth-order valence-electron chi connectivity index (χ4n) is 3.85. The number of carboxylic acid groups (broad SMARTS) is 1. The van der Waals surface area contributed by atoms with Gasteiger partial charge < -0.3 is 15.3 Å². The quantitative estimate of drug-likeness (QED) is 0.785. The average Bonchev–Trinajstić information content (AvgIpc) is 2.79. The third-order valence-electron chi connectivity index (χ3n) is 5.51. The van der Waals surface area contributed by atoms with E-state index in [1.54, 1.807) is 0 Å². The Kier molecular flexibility index (Phi) is 5.55. The predicted molar refractivity (Wildman–Crippen MR) is 89.4 cm³/mol. The van der Waals surface area contributed by atoms with E-state index >= 15 is 0 Å². The van der Waals surface area contributed by atoms with E-state index in [4.69, 9.17) is 5.11 Å². The number of hydrogen-bond donors (Lipinski definition) is 2. The first-order valence-corrected chi connectivity index (χ1v) is 8.71. The SMILES string of the molecule is CCN(CC(=O)O)C1CC(NC(=O)N(C)C2CCC(C)(C)C2)C1. The molecule has 2 aliphatic rings. The molecule has 0 aromatic carbocycles. The summed E-state index contributed by atoms with van der Waals surface area (Å²) in [6.45, 7) is 7.31. The van der Waals surface area contributed by atoms with Crippen molar-refractivity contribution in [3.05, 3.63) is 0 Å². The number of urea groups is 1. The molecule has 0 heterocycles. The number of carbonyl (C=O) groups excluding carboxylic acids is 1. The lowest BCUT2D eigenvalue weighted by Gasteiger charge is -2.43. The molecule has 2 N–H and O–H groups in total. The Morgan fingerprint density at radius 1 is 1.26 bits per heavy atom. The monoisotopic (exact) mass is 325 g/mol. The third kappa shape index (κ3) is 4.59. The van der Waals surface area contributed by atoms with Crippen LogP contribution in [0.3, 0.4) is 0 Å². The minimum Gasteiger partial charge on any atom is -0.480 e. The van der Waals surface area contributed by atoms with E-state index in [1.165, 1.54) is 6.42 Å². The van der Waals surface area contributed by atoms with Gasteiger partial charge in [-0.05, 0) is 44.1 Å². The molecule has 2 rings (SSSR count). The highest BCUT2D eigenvalue weighted by Crippen LogP contribution is 2.39. The average molecular weight is 325 g/mol. The summed E-state index contributed by atoms with van der Waals surface area (Å²) in [5.74, 6) is -0.789. The molecule has 2 aliphatic carbocycles. The Hall–Kier alpha value is -1.30. The lowest BCUT2D eigenvalue weighted by Crippen LogP contribution is -2.57. The maximum absolute atomic E-state index is 12.4. The normalized spacial score (nSPS) is 29.2. The van der Waals surface area contributed by atoms with E-state index in [0.717, 1.165) is 32.2 Å². The molecule has 0 spiro atoms. The molecular weight excluding hydrogens is 294 g/mol. The molecule has 0 aliphatic heterocycles. The van der Waals surface area contributed by atoms with Gasteiger partial charge in [0.25, 0.3) is 0 Å². The smallest absolute Gasteiger partial charge is 0.317 e. The van der Waals surface area contributed by atoms with Crippen molar-refractivity contribution in [2.45, 2.75) is 71.0 Å². The molecule has 0 aromatic heterocycles. The Morgan fingerprint density at radius 2 is 1.91 bits per heavy atom. The molecule has 0 bridgehead atoms. The third-order valence-corrected chi connectivity index (χ3v) is 5.51. The van der Waals surface area contributed by atoms with Gasteiger partial charge in [0.2, 0.25) is 0 Å². The zero-order chi connectivity index (χ0) is 17.2.